The van der Waals surface area contributed by atoms with Crippen molar-refractivity contribution in [2.75, 3.05) is 31.7 Å². The molecule has 1 saturated heterocycles. The molecule has 0 amide bonds. The van der Waals surface area contributed by atoms with Crippen LogP contribution in [0.3, 0.4) is 0 Å². The molecule has 2 aromatic rings. The van der Waals surface area contributed by atoms with E-state index in [2.05, 4.69) is 26.2 Å². The summed E-state index contributed by atoms with van der Waals surface area (Å²) in [6.07, 6.45) is 13.7. The van der Waals surface area contributed by atoms with Gasteiger partial charge in [0.05, 0.1) is 31.1 Å². The molecule has 15 nitrogen and oxygen atoms in total. The van der Waals surface area contributed by atoms with Crippen LogP contribution in [0.15, 0.2) is 12.7 Å². The third-order valence-electron chi connectivity index (χ3n) is 8.00. The van der Waals surface area contributed by atoms with Crippen molar-refractivity contribution in [2.45, 2.75) is 127 Å². The van der Waals surface area contributed by atoms with Crippen LogP contribution in [0, 0.1) is 0 Å². The molecule has 19 heteroatoms. The Kier molecular flexibility index (Phi) is 20.7. The van der Waals surface area contributed by atoms with Crippen LogP contribution in [-0.4, -0.2) is 119 Å². The summed E-state index contributed by atoms with van der Waals surface area (Å²) in [5, 5.41) is 20.0. The van der Waals surface area contributed by atoms with Crippen molar-refractivity contribution in [1.82, 2.24) is 19.5 Å². The monoisotopic (exact) mass is 750 g/mol. The number of imidazole rings is 1. The van der Waals surface area contributed by atoms with Gasteiger partial charge in [-0.1, -0.05) is 90.4 Å². The summed E-state index contributed by atoms with van der Waals surface area (Å²) in [5.74, 6) is 0.101. The summed E-state index contributed by atoms with van der Waals surface area (Å²) in [6.45, 7) is 1.90. The van der Waals surface area contributed by atoms with Crippen LogP contribution >= 0.6 is 27.0 Å². The van der Waals surface area contributed by atoms with Crippen LogP contribution in [0.2, 0.25) is 0 Å². The fourth-order valence-corrected chi connectivity index (χ4v) is 8.75. The summed E-state index contributed by atoms with van der Waals surface area (Å²) < 4.78 is 46.8. The fraction of sp³-hybridized carbons (Fsp3) is 0.828. The Bertz CT molecular complexity index is 1300. The van der Waals surface area contributed by atoms with E-state index in [0.29, 0.717) is 6.61 Å². The minimum Gasteiger partial charge on any atom is -0.387 e. The number of nitrogen functional groups attached to an aromatic ring is 1. The van der Waals surface area contributed by atoms with Gasteiger partial charge in [-0.25, -0.2) is 23.8 Å². The quantitative estimate of drug-likeness (QED) is 0.0387. The van der Waals surface area contributed by atoms with Crippen LogP contribution in [0.5, 0.6) is 0 Å². The molecule has 3 rings (SSSR count). The Balaban J connectivity index is 0.00000800. The van der Waals surface area contributed by atoms with Gasteiger partial charge in [-0.2, -0.15) is 0 Å². The number of ether oxygens (including phenoxy) is 2. The van der Waals surface area contributed by atoms with Gasteiger partial charge in [0.25, 0.3) is 0 Å². The molecule has 271 valence electrons. The first-order valence-electron chi connectivity index (χ1n) is 16.6. The zero-order valence-electron chi connectivity index (χ0n) is 28.1. The second kappa shape index (κ2) is 22.7. The van der Waals surface area contributed by atoms with Gasteiger partial charge in [0.15, 0.2) is 17.7 Å². The SMILES string of the molecule is CCCCCCCCCCCCCCCCOCC(Cl)CP(=O)(O)OP(=O)(O)OCC1OC(n2cnc3c(N)ncnc32)C(O)C1O.[Na]. The van der Waals surface area contributed by atoms with E-state index in [1.807, 2.05) is 0 Å². The van der Waals surface area contributed by atoms with Crippen LogP contribution in [0.25, 0.3) is 11.2 Å². The predicted octanol–water partition coefficient (Wildman–Crippen LogP) is 5.07. The van der Waals surface area contributed by atoms with Gasteiger partial charge >= 0.3 is 15.4 Å². The number of phosphoric ester groups is 1. The molecule has 1 aliphatic rings. The summed E-state index contributed by atoms with van der Waals surface area (Å²) in [4.78, 5) is 32.2. The van der Waals surface area contributed by atoms with Gasteiger partial charge in [-0.15, -0.1) is 11.6 Å². The van der Waals surface area contributed by atoms with E-state index >= 15 is 0 Å². The Morgan fingerprint density at radius 2 is 1.52 bits per heavy atom. The Morgan fingerprint density at radius 1 is 0.938 bits per heavy atom. The van der Waals surface area contributed by atoms with Crippen molar-refractivity contribution in [3.8, 4) is 0 Å². The van der Waals surface area contributed by atoms with Crippen molar-refractivity contribution in [2.24, 2.45) is 0 Å². The first-order valence-corrected chi connectivity index (χ1v) is 20.3. The maximum Gasteiger partial charge on any atom is 0.479 e. The molecule has 0 aromatic carbocycles. The number of anilines is 1. The molecule has 0 bridgehead atoms. The molecule has 2 aromatic heterocycles. The second-order valence-electron chi connectivity index (χ2n) is 12.1. The first kappa shape index (κ1) is 43.9. The maximum atomic E-state index is 12.5. The number of aromatic nitrogens is 4. The zero-order valence-corrected chi connectivity index (χ0v) is 32.7. The van der Waals surface area contributed by atoms with Crippen LogP contribution in [-0.2, 0) is 27.4 Å². The molecule has 0 aliphatic carbocycles. The number of rotatable bonds is 25. The fourth-order valence-electron chi connectivity index (χ4n) is 5.45. The number of halogens is 1. The van der Waals surface area contributed by atoms with Crippen LogP contribution < -0.4 is 5.73 Å². The zero-order chi connectivity index (χ0) is 34.3. The average Bonchev–Trinajstić information content (AvgIpc) is 3.56. The number of phosphoric acid groups is 1. The van der Waals surface area contributed by atoms with Gasteiger partial charge < -0.3 is 35.2 Å². The number of nitrogens with zero attached hydrogens (tertiary/aromatic N) is 4. The van der Waals surface area contributed by atoms with E-state index in [-0.39, 0.29) is 53.1 Å². The molecule has 0 spiro atoms. The first-order chi connectivity index (χ1) is 22.4. The van der Waals surface area contributed by atoms with Gasteiger partial charge in [-0.3, -0.25) is 13.7 Å². The van der Waals surface area contributed by atoms with Gasteiger partial charge in [0, 0.05) is 36.2 Å². The topological polar surface area (TPSA) is 222 Å². The molecular formula is C29H52ClN5NaO10P2. The summed E-state index contributed by atoms with van der Waals surface area (Å²) in [7, 11) is -9.78. The molecule has 7 atom stereocenters. The van der Waals surface area contributed by atoms with E-state index in [9.17, 15) is 29.1 Å². The molecule has 48 heavy (non-hydrogen) atoms. The third kappa shape index (κ3) is 15.2. The predicted molar refractivity (Wildman–Crippen MR) is 184 cm³/mol. The minimum absolute atomic E-state index is 0. The van der Waals surface area contributed by atoms with Crippen molar-refractivity contribution in [3.63, 3.8) is 0 Å². The number of alkyl halides is 1. The summed E-state index contributed by atoms with van der Waals surface area (Å²) in [6, 6.07) is 0. The van der Waals surface area contributed by atoms with Crippen molar-refractivity contribution >= 4 is 73.6 Å². The Labute approximate surface area is 310 Å². The third-order valence-corrected chi connectivity index (χ3v) is 11.7. The Morgan fingerprint density at radius 3 is 2.12 bits per heavy atom. The second-order valence-corrected chi connectivity index (χ2v) is 16.2. The van der Waals surface area contributed by atoms with Gasteiger partial charge in [0.2, 0.25) is 0 Å². The van der Waals surface area contributed by atoms with Crippen molar-refractivity contribution in [3.05, 3.63) is 12.7 Å². The van der Waals surface area contributed by atoms with E-state index in [1.54, 1.807) is 0 Å². The average molecular weight is 751 g/mol. The standard InChI is InChI=1S/C29H52ClN5O10P2.Na/c1-2-3-4-5-6-7-8-9-10-11-12-13-14-15-16-42-17-22(30)19-46(38,39)45-47(40,41)43-18-23-25(36)26(37)29(44-23)35-21-34-24-27(31)32-20-33-28(24)35;/h20-23,25-26,29,36-37H,2-19H2,1H3,(H,38,39)(H,40,41)(H2,31,32,33);. The number of hydrogen-bond donors (Lipinski definition) is 5. The van der Waals surface area contributed by atoms with E-state index in [4.69, 9.17) is 31.3 Å². The number of aliphatic hydroxyl groups excluding tert-OH is 2. The molecule has 1 radical (unpaired) electrons. The molecule has 1 fully saturated rings. The molecule has 0 saturated carbocycles. The Hall–Kier alpha value is -0.220. The number of fused-ring (bicyclic) bond motifs is 1. The molecule has 7 unspecified atom stereocenters. The molecular weight excluding hydrogens is 699 g/mol. The number of hydrogen-bond acceptors (Lipinski definition) is 12. The normalized spacial score (nSPS) is 22.7. The number of nitrogens with two attached hydrogens (primary N) is 1. The minimum atomic E-state index is -5.10. The molecule has 6 N–H and O–H groups in total. The number of unbranched alkanes of at least 4 members (excludes halogenated alkanes) is 13. The van der Waals surface area contributed by atoms with Crippen molar-refractivity contribution < 1.29 is 47.4 Å². The molecule has 1 aliphatic heterocycles. The summed E-state index contributed by atoms with van der Waals surface area (Å²) >= 11 is 6.14. The maximum absolute atomic E-state index is 12.5. The summed E-state index contributed by atoms with van der Waals surface area (Å²) in [5.41, 5.74) is 6.26. The largest absolute Gasteiger partial charge is 0.479 e. The van der Waals surface area contributed by atoms with Gasteiger partial charge in [0.1, 0.15) is 30.2 Å². The van der Waals surface area contributed by atoms with Crippen LogP contribution in [0.1, 0.15) is 103 Å². The smallest absolute Gasteiger partial charge is 0.387 e. The number of aliphatic hydroxyl groups is 2. The van der Waals surface area contributed by atoms with E-state index < -0.39 is 58.1 Å². The van der Waals surface area contributed by atoms with Crippen LogP contribution in [0.4, 0.5) is 5.82 Å². The van der Waals surface area contributed by atoms with E-state index in [0.717, 1.165) is 19.3 Å². The van der Waals surface area contributed by atoms with Gasteiger partial charge in [-0.05, 0) is 6.42 Å². The molecule has 3 heterocycles. The van der Waals surface area contributed by atoms with E-state index in [1.165, 1.54) is 87.9 Å². The van der Waals surface area contributed by atoms with Crippen molar-refractivity contribution in [1.29, 1.82) is 0 Å².